The first-order valence-electron chi connectivity index (χ1n) is 13.0. The Labute approximate surface area is 226 Å². The predicted molar refractivity (Wildman–Crippen MR) is 146 cm³/mol. The van der Waals surface area contributed by atoms with Gasteiger partial charge in [-0.2, -0.15) is 10.4 Å². The Morgan fingerprint density at radius 1 is 1.08 bits per heavy atom. The van der Waals surface area contributed by atoms with Gasteiger partial charge in [-0.15, -0.1) is 0 Å². The molecule has 0 saturated carbocycles. The molecule has 39 heavy (non-hydrogen) atoms. The summed E-state index contributed by atoms with van der Waals surface area (Å²) in [5.41, 5.74) is 3.36. The van der Waals surface area contributed by atoms with Gasteiger partial charge in [0.2, 0.25) is 0 Å². The van der Waals surface area contributed by atoms with Crippen molar-refractivity contribution in [2.45, 2.75) is 38.3 Å². The predicted octanol–water partition coefficient (Wildman–Crippen LogP) is 3.77. The maximum Gasteiger partial charge on any atom is 0.267 e. The zero-order chi connectivity index (χ0) is 27.0. The SMILES string of the molecule is N#Cc1cccc(-c2ccc(=O)n(Cc3cccc(-c4ncc(OCCCC(=O)[C@@H]5CCCN5)cn4)c3)n2)c1. The maximum atomic E-state index is 12.5. The van der Waals surface area contributed by atoms with E-state index in [4.69, 9.17) is 4.74 Å². The molecule has 0 bridgehead atoms. The number of nitrogens with zero attached hydrogens (tertiary/aromatic N) is 5. The second-order valence-corrected chi connectivity index (χ2v) is 9.42. The third kappa shape index (κ3) is 6.61. The Morgan fingerprint density at radius 2 is 1.90 bits per heavy atom. The Bertz CT molecular complexity index is 1550. The Kier molecular flexibility index (Phi) is 8.15. The number of hydrogen-bond acceptors (Lipinski definition) is 8. The van der Waals surface area contributed by atoms with E-state index in [-0.39, 0.29) is 23.9 Å². The number of aromatic nitrogens is 4. The molecule has 2 aromatic carbocycles. The lowest BCUT2D eigenvalue weighted by molar-refractivity contribution is -0.120. The number of hydrogen-bond donors (Lipinski definition) is 1. The molecule has 9 heteroatoms. The van der Waals surface area contributed by atoms with Crippen LogP contribution in [0.4, 0.5) is 0 Å². The van der Waals surface area contributed by atoms with Gasteiger partial charge in [0.25, 0.3) is 5.56 Å². The van der Waals surface area contributed by atoms with Gasteiger partial charge in [-0.3, -0.25) is 9.59 Å². The van der Waals surface area contributed by atoms with Gasteiger partial charge in [0.05, 0.1) is 48.9 Å². The largest absolute Gasteiger partial charge is 0.490 e. The van der Waals surface area contributed by atoms with Crippen LogP contribution in [-0.2, 0) is 11.3 Å². The molecule has 1 saturated heterocycles. The Hall–Kier alpha value is -4.68. The average molecular weight is 521 g/mol. The summed E-state index contributed by atoms with van der Waals surface area (Å²) in [5.74, 6) is 1.34. The van der Waals surface area contributed by atoms with Crippen LogP contribution in [0.5, 0.6) is 5.75 Å². The summed E-state index contributed by atoms with van der Waals surface area (Å²) in [4.78, 5) is 33.5. The number of rotatable bonds is 10. The lowest BCUT2D eigenvalue weighted by Crippen LogP contribution is -2.30. The summed E-state index contributed by atoms with van der Waals surface area (Å²) in [7, 11) is 0. The first-order valence-corrected chi connectivity index (χ1v) is 13.0. The van der Waals surface area contributed by atoms with Gasteiger partial charge in [-0.05, 0) is 55.6 Å². The van der Waals surface area contributed by atoms with Crippen molar-refractivity contribution in [2.24, 2.45) is 0 Å². The third-order valence-electron chi connectivity index (χ3n) is 6.58. The van der Waals surface area contributed by atoms with Gasteiger partial charge in [0.1, 0.15) is 5.78 Å². The minimum atomic E-state index is -0.223. The molecule has 196 valence electrons. The summed E-state index contributed by atoms with van der Waals surface area (Å²) in [5, 5.41) is 16.9. The molecule has 9 nitrogen and oxygen atoms in total. The third-order valence-corrected chi connectivity index (χ3v) is 6.58. The molecule has 4 aromatic rings. The molecular formula is C30H28N6O3. The Morgan fingerprint density at radius 3 is 2.69 bits per heavy atom. The molecule has 1 atom stereocenters. The second kappa shape index (κ2) is 12.2. The van der Waals surface area contributed by atoms with E-state index in [1.165, 1.54) is 10.7 Å². The topological polar surface area (TPSA) is 123 Å². The maximum absolute atomic E-state index is 12.5. The van der Waals surface area contributed by atoms with E-state index < -0.39 is 0 Å². The van der Waals surface area contributed by atoms with Crippen LogP contribution in [0, 0.1) is 11.3 Å². The number of carbonyl (C=O) groups is 1. The number of ether oxygens (including phenoxy) is 1. The highest BCUT2D eigenvalue weighted by Gasteiger charge is 2.21. The van der Waals surface area contributed by atoms with Crippen molar-refractivity contribution in [1.82, 2.24) is 25.1 Å². The normalized spacial score (nSPS) is 14.6. The molecule has 0 aliphatic carbocycles. The standard InChI is InChI=1S/C30H28N6O3/c31-17-21-5-1-7-23(15-21)26-11-12-29(38)36(35-26)20-22-6-2-8-24(16-22)30-33-18-25(19-34-30)39-14-4-10-28(37)27-9-3-13-32-27/h1-2,5-8,11-12,15-16,18-19,27,32H,3-4,9-10,13-14,20H2/t27-/m0/s1. The van der Waals surface area contributed by atoms with E-state index >= 15 is 0 Å². The van der Waals surface area contributed by atoms with Gasteiger partial charge >= 0.3 is 0 Å². The molecule has 1 aliphatic rings. The smallest absolute Gasteiger partial charge is 0.267 e. The Balaban J connectivity index is 1.21. The number of carbonyl (C=O) groups excluding carboxylic acids is 1. The van der Waals surface area contributed by atoms with Crippen LogP contribution in [0.1, 0.15) is 36.8 Å². The first-order chi connectivity index (χ1) is 19.1. The monoisotopic (exact) mass is 520 g/mol. The summed E-state index contributed by atoms with van der Waals surface area (Å²) in [6.07, 6.45) is 6.38. The highest BCUT2D eigenvalue weighted by Crippen LogP contribution is 2.20. The van der Waals surface area contributed by atoms with E-state index in [1.807, 2.05) is 30.3 Å². The quantitative estimate of drug-likeness (QED) is 0.314. The summed E-state index contributed by atoms with van der Waals surface area (Å²) in [6, 6.07) is 20.0. The fraction of sp³-hybridized carbons (Fsp3) is 0.267. The zero-order valence-corrected chi connectivity index (χ0v) is 21.4. The molecule has 2 aromatic heterocycles. The molecule has 1 fully saturated rings. The van der Waals surface area contributed by atoms with Gasteiger partial charge in [-0.1, -0.05) is 30.3 Å². The van der Waals surface area contributed by atoms with Crippen molar-refractivity contribution >= 4 is 5.78 Å². The summed E-state index contributed by atoms with van der Waals surface area (Å²) < 4.78 is 7.13. The molecule has 0 spiro atoms. The first kappa shape index (κ1) is 25.9. The molecule has 3 heterocycles. The molecule has 0 radical (unpaired) electrons. The van der Waals surface area contributed by atoms with Crippen molar-refractivity contribution in [1.29, 1.82) is 5.26 Å². The van der Waals surface area contributed by atoms with Crippen LogP contribution >= 0.6 is 0 Å². The number of benzene rings is 2. The van der Waals surface area contributed by atoms with Crippen LogP contribution < -0.4 is 15.6 Å². The van der Waals surface area contributed by atoms with Gasteiger partial charge in [0.15, 0.2) is 11.6 Å². The van der Waals surface area contributed by atoms with Crippen LogP contribution in [0.2, 0.25) is 0 Å². The van der Waals surface area contributed by atoms with Crippen molar-refractivity contribution in [3.05, 3.63) is 94.5 Å². The lowest BCUT2D eigenvalue weighted by atomic mass is 10.1. The molecule has 0 unspecified atom stereocenters. The van der Waals surface area contributed by atoms with Crippen molar-refractivity contribution in [2.75, 3.05) is 13.2 Å². The van der Waals surface area contributed by atoms with Gasteiger partial charge in [0, 0.05) is 23.6 Å². The highest BCUT2D eigenvalue weighted by molar-refractivity contribution is 5.84. The van der Waals surface area contributed by atoms with E-state index in [0.717, 1.165) is 36.1 Å². The molecular weight excluding hydrogens is 492 g/mol. The van der Waals surface area contributed by atoms with Crippen LogP contribution in [0.3, 0.4) is 0 Å². The van der Waals surface area contributed by atoms with Crippen molar-refractivity contribution in [3.63, 3.8) is 0 Å². The molecule has 5 rings (SSSR count). The number of nitriles is 1. The number of Topliss-reactive ketones (excluding diaryl/α,β-unsaturated/α-hetero) is 1. The van der Waals surface area contributed by atoms with Crippen molar-refractivity contribution in [3.8, 4) is 34.5 Å². The second-order valence-electron chi connectivity index (χ2n) is 9.42. The zero-order valence-electron chi connectivity index (χ0n) is 21.4. The molecule has 1 aliphatic heterocycles. The van der Waals surface area contributed by atoms with E-state index in [1.54, 1.807) is 36.7 Å². The van der Waals surface area contributed by atoms with Crippen LogP contribution in [-0.4, -0.2) is 44.7 Å². The van der Waals surface area contributed by atoms with E-state index in [9.17, 15) is 14.9 Å². The summed E-state index contributed by atoms with van der Waals surface area (Å²) in [6.45, 7) is 1.62. The molecule has 1 N–H and O–H groups in total. The highest BCUT2D eigenvalue weighted by atomic mass is 16.5. The van der Waals surface area contributed by atoms with Gasteiger partial charge < -0.3 is 10.1 Å². The lowest BCUT2D eigenvalue weighted by Gasteiger charge is -2.10. The fourth-order valence-corrected chi connectivity index (χ4v) is 4.56. The van der Waals surface area contributed by atoms with Crippen molar-refractivity contribution < 1.29 is 9.53 Å². The minimum Gasteiger partial charge on any atom is -0.490 e. The average Bonchev–Trinajstić information content (AvgIpc) is 3.52. The molecule has 0 amide bonds. The minimum absolute atomic E-state index is 0.00299. The van der Waals surface area contributed by atoms with E-state index in [2.05, 4.69) is 26.5 Å². The number of nitrogens with one attached hydrogen (secondary N) is 1. The van der Waals surface area contributed by atoms with Gasteiger partial charge in [-0.25, -0.2) is 14.6 Å². The summed E-state index contributed by atoms with van der Waals surface area (Å²) >= 11 is 0. The van der Waals surface area contributed by atoms with Crippen LogP contribution in [0.15, 0.2) is 77.9 Å². The van der Waals surface area contributed by atoms with E-state index in [0.29, 0.717) is 42.3 Å². The van der Waals surface area contributed by atoms with Crippen LogP contribution in [0.25, 0.3) is 22.6 Å². The fourth-order valence-electron chi connectivity index (χ4n) is 4.56. The number of ketones is 1.